The molecule has 0 radical (unpaired) electrons. The predicted molar refractivity (Wildman–Crippen MR) is 78.4 cm³/mol. The molecule has 16 heavy (non-hydrogen) atoms. The highest BCUT2D eigenvalue weighted by Crippen LogP contribution is 2.17. The average molecular weight is 245 g/mol. The smallest absolute Gasteiger partial charge is 0.00609 e. The van der Waals surface area contributed by atoms with Crippen LogP contribution in [0.4, 0.5) is 0 Å². The van der Waals surface area contributed by atoms with Crippen LogP contribution in [-0.4, -0.2) is 23.6 Å². The molecule has 0 aromatic heterocycles. The Labute approximate surface area is 107 Å². The molecule has 1 N–H and O–H groups in total. The number of hydrogen-bond donors (Lipinski definition) is 1. The van der Waals surface area contributed by atoms with E-state index in [1.54, 1.807) is 0 Å². The van der Waals surface area contributed by atoms with Gasteiger partial charge in [0.05, 0.1) is 0 Å². The summed E-state index contributed by atoms with van der Waals surface area (Å²) < 4.78 is 0. The van der Waals surface area contributed by atoms with Crippen LogP contribution in [0.2, 0.25) is 0 Å². The second kappa shape index (κ2) is 10.5. The lowest BCUT2D eigenvalue weighted by atomic mass is 10.1. The van der Waals surface area contributed by atoms with Crippen LogP contribution in [-0.2, 0) is 0 Å². The normalized spacial score (nSPS) is 15.4. The molecule has 0 aliphatic carbocycles. The number of hydrogen-bond acceptors (Lipinski definition) is 2. The fourth-order valence-corrected chi connectivity index (χ4v) is 2.54. The Bertz CT molecular complexity index is 148. The topological polar surface area (TPSA) is 12.0 Å². The first-order chi connectivity index (χ1) is 7.57. The van der Waals surface area contributed by atoms with Crippen molar-refractivity contribution in [3.05, 3.63) is 0 Å². The van der Waals surface area contributed by atoms with E-state index in [9.17, 15) is 0 Å². The van der Waals surface area contributed by atoms with Gasteiger partial charge in [0.25, 0.3) is 0 Å². The zero-order chi connectivity index (χ0) is 12.4. The minimum Gasteiger partial charge on any atom is -0.313 e. The van der Waals surface area contributed by atoms with Gasteiger partial charge in [-0.05, 0) is 19.3 Å². The van der Waals surface area contributed by atoms with Crippen molar-refractivity contribution in [2.24, 2.45) is 5.92 Å². The predicted octanol–water partition coefficient (Wildman–Crippen LogP) is 4.32. The quantitative estimate of drug-likeness (QED) is 0.575. The van der Waals surface area contributed by atoms with Crippen molar-refractivity contribution in [3.8, 4) is 0 Å². The molecule has 0 heterocycles. The van der Waals surface area contributed by atoms with Crippen molar-refractivity contribution in [1.29, 1.82) is 0 Å². The van der Waals surface area contributed by atoms with E-state index in [0.717, 1.165) is 17.7 Å². The fourth-order valence-electron chi connectivity index (χ4n) is 1.55. The first-order valence-electron chi connectivity index (χ1n) is 6.92. The minimum absolute atomic E-state index is 0.696. The highest BCUT2D eigenvalue weighted by atomic mass is 32.2. The standard InChI is InChI=1S/C14H31NS/c1-6-7-8-9-13(4)15-10-11-16-14(5)12(2)3/h12-15H,6-11H2,1-5H3. The van der Waals surface area contributed by atoms with Gasteiger partial charge in [-0.15, -0.1) is 0 Å². The Morgan fingerprint density at radius 1 is 1.06 bits per heavy atom. The molecule has 0 aromatic rings. The van der Waals surface area contributed by atoms with Crippen LogP contribution in [0, 0.1) is 5.92 Å². The third-order valence-corrected chi connectivity index (χ3v) is 4.67. The summed E-state index contributed by atoms with van der Waals surface area (Å²) in [7, 11) is 0. The van der Waals surface area contributed by atoms with Crippen LogP contribution in [0.25, 0.3) is 0 Å². The second-order valence-electron chi connectivity index (χ2n) is 5.17. The largest absolute Gasteiger partial charge is 0.313 e. The summed E-state index contributed by atoms with van der Waals surface area (Å²) in [5.41, 5.74) is 0. The molecule has 0 spiro atoms. The van der Waals surface area contributed by atoms with E-state index in [1.807, 2.05) is 0 Å². The molecule has 0 aliphatic heterocycles. The van der Waals surface area contributed by atoms with E-state index in [1.165, 1.54) is 31.4 Å². The van der Waals surface area contributed by atoms with Crippen LogP contribution in [0.3, 0.4) is 0 Å². The number of rotatable bonds is 10. The lowest BCUT2D eigenvalue weighted by Crippen LogP contribution is -2.28. The van der Waals surface area contributed by atoms with Crippen molar-refractivity contribution in [3.63, 3.8) is 0 Å². The summed E-state index contributed by atoms with van der Waals surface area (Å²) in [6.07, 6.45) is 5.41. The second-order valence-corrected chi connectivity index (χ2v) is 6.66. The SMILES string of the molecule is CCCCCC(C)NCCSC(C)C(C)C. The van der Waals surface area contributed by atoms with E-state index in [2.05, 4.69) is 51.7 Å². The van der Waals surface area contributed by atoms with Crippen LogP contribution >= 0.6 is 11.8 Å². The van der Waals surface area contributed by atoms with E-state index in [4.69, 9.17) is 0 Å². The van der Waals surface area contributed by atoms with Gasteiger partial charge in [0.2, 0.25) is 0 Å². The van der Waals surface area contributed by atoms with Crippen molar-refractivity contribution >= 4 is 11.8 Å². The van der Waals surface area contributed by atoms with Crippen LogP contribution in [0.15, 0.2) is 0 Å². The van der Waals surface area contributed by atoms with Gasteiger partial charge < -0.3 is 5.32 Å². The Balaban J connectivity index is 3.30. The molecule has 0 rings (SSSR count). The molecule has 0 fully saturated rings. The summed E-state index contributed by atoms with van der Waals surface area (Å²) in [5, 5.41) is 4.40. The molecule has 0 saturated carbocycles. The summed E-state index contributed by atoms with van der Waals surface area (Å²) in [6.45, 7) is 12.7. The number of thioether (sulfide) groups is 1. The maximum absolute atomic E-state index is 3.61. The molecular weight excluding hydrogens is 214 g/mol. The summed E-state index contributed by atoms with van der Waals surface area (Å²) >= 11 is 2.09. The molecule has 98 valence electrons. The summed E-state index contributed by atoms with van der Waals surface area (Å²) in [5.74, 6) is 2.05. The molecule has 2 unspecified atom stereocenters. The molecule has 0 aliphatic rings. The van der Waals surface area contributed by atoms with E-state index < -0.39 is 0 Å². The third-order valence-electron chi connectivity index (χ3n) is 3.16. The molecule has 0 aromatic carbocycles. The van der Waals surface area contributed by atoms with Gasteiger partial charge in [-0.1, -0.05) is 47.0 Å². The zero-order valence-corrected chi connectivity index (χ0v) is 12.7. The molecule has 0 saturated heterocycles. The number of unbranched alkanes of at least 4 members (excludes halogenated alkanes) is 2. The van der Waals surface area contributed by atoms with Crippen molar-refractivity contribution in [2.45, 2.75) is 71.6 Å². The van der Waals surface area contributed by atoms with Crippen molar-refractivity contribution < 1.29 is 0 Å². The van der Waals surface area contributed by atoms with Gasteiger partial charge in [-0.2, -0.15) is 11.8 Å². The van der Waals surface area contributed by atoms with Crippen molar-refractivity contribution in [2.75, 3.05) is 12.3 Å². The fraction of sp³-hybridized carbons (Fsp3) is 1.00. The molecular formula is C14H31NS. The Morgan fingerprint density at radius 3 is 2.31 bits per heavy atom. The van der Waals surface area contributed by atoms with Gasteiger partial charge in [-0.25, -0.2) is 0 Å². The van der Waals surface area contributed by atoms with E-state index in [-0.39, 0.29) is 0 Å². The van der Waals surface area contributed by atoms with Gasteiger partial charge in [0.15, 0.2) is 0 Å². The summed E-state index contributed by atoms with van der Waals surface area (Å²) in [4.78, 5) is 0. The Hall–Kier alpha value is 0.310. The van der Waals surface area contributed by atoms with E-state index >= 15 is 0 Å². The first kappa shape index (κ1) is 16.3. The lowest BCUT2D eigenvalue weighted by molar-refractivity contribution is 0.501. The van der Waals surface area contributed by atoms with Gasteiger partial charge in [0.1, 0.15) is 0 Å². The van der Waals surface area contributed by atoms with Crippen LogP contribution in [0.1, 0.15) is 60.3 Å². The highest BCUT2D eigenvalue weighted by molar-refractivity contribution is 7.99. The molecule has 0 bridgehead atoms. The van der Waals surface area contributed by atoms with Gasteiger partial charge >= 0.3 is 0 Å². The molecule has 2 heteroatoms. The van der Waals surface area contributed by atoms with Crippen LogP contribution < -0.4 is 5.32 Å². The Kier molecular flexibility index (Phi) is 10.7. The average Bonchev–Trinajstić information content (AvgIpc) is 2.24. The lowest BCUT2D eigenvalue weighted by Gasteiger charge is -2.17. The molecule has 1 nitrogen and oxygen atoms in total. The van der Waals surface area contributed by atoms with Crippen molar-refractivity contribution in [1.82, 2.24) is 5.32 Å². The minimum atomic E-state index is 0.696. The molecule has 0 amide bonds. The summed E-state index contributed by atoms with van der Waals surface area (Å²) in [6, 6.07) is 0.696. The van der Waals surface area contributed by atoms with Gasteiger partial charge in [-0.3, -0.25) is 0 Å². The van der Waals surface area contributed by atoms with E-state index in [0.29, 0.717) is 6.04 Å². The molecule has 2 atom stereocenters. The monoisotopic (exact) mass is 245 g/mol. The Morgan fingerprint density at radius 2 is 1.75 bits per heavy atom. The van der Waals surface area contributed by atoms with Gasteiger partial charge in [0, 0.05) is 23.6 Å². The van der Waals surface area contributed by atoms with Crippen LogP contribution in [0.5, 0.6) is 0 Å². The third kappa shape index (κ3) is 9.53. The zero-order valence-electron chi connectivity index (χ0n) is 11.9. The maximum Gasteiger partial charge on any atom is 0.00609 e. The number of nitrogens with one attached hydrogen (secondary N) is 1. The first-order valence-corrected chi connectivity index (χ1v) is 7.97. The maximum atomic E-state index is 3.61. The highest BCUT2D eigenvalue weighted by Gasteiger charge is 2.07.